The Morgan fingerprint density at radius 2 is 1.94 bits per heavy atom. The summed E-state index contributed by atoms with van der Waals surface area (Å²) in [5.74, 6) is 0.0305. The molecule has 2 amide bonds. The second kappa shape index (κ2) is 8.80. The van der Waals surface area contributed by atoms with Crippen LogP contribution in [-0.2, 0) is 9.59 Å². The summed E-state index contributed by atoms with van der Waals surface area (Å²) in [5.41, 5.74) is 0.750. The highest BCUT2D eigenvalue weighted by Gasteiger charge is 2.63. The van der Waals surface area contributed by atoms with Crippen molar-refractivity contribution in [2.75, 3.05) is 40.8 Å². The predicted octanol–water partition coefficient (Wildman–Crippen LogP) is 4.05. The number of unbranched alkanes of at least 4 members (excludes halogenated alkanes) is 2. The number of thiophene rings is 1. The Balaban J connectivity index is 1.33. The molecule has 0 spiro atoms. The number of rotatable bonds is 8. The van der Waals surface area contributed by atoms with Gasteiger partial charge in [-0.15, -0.1) is 11.3 Å². The van der Waals surface area contributed by atoms with Crippen LogP contribution < -0.4 is 0 Å². The third-order valence-corrected chi connectivity index (χ3v) is 8.55. The fraction of sp³-hybridized carbons (Fsp3) is 0.625. The van der Waals surface area contributed by atoms with Gasteiger partial charge in [-0.1, -0.05) is 16.8 Å². The molecule has 5 rings (SSSR count). The molecule has 5 heterocycles. The van der Waals surface area contributed by atoms with Crippen LogP contribution in [0.1, 0.15) is 43.8 Å². The Kier molecular flexibility index (Phi) is 6.14. The van der Waals surface area contributed by atoms with E-state index in [0.717, 1.165) is 60.2 Å². The van der Waals surface area contributed by atoms with Crippen LogP contribution >= 0.6 is 22.9 Å². The van der Waals surface area contributed by atoms with Crippen molar-refractivity contribution < 1.29 is 18.6 Å². The van der Waals surface area contributed by atoms with Crippen LogP contribution in [0.25, 0.3) is 10.6 Å². The number of carbonyl (C=O) groups excluding carboxylic acids is 2. The van der Waals surface area contributed by atoms with Crippen LogP contribution in [-0.4, -0.2) is 78.1 Å². The molecule has 0 saturated carbocycles. The monoisotopic (exact) mass is 491 g/mol. The van der Waals surface area contributed by atoms with Crippen LogP contribution in [0.4, 0.5) is 0 Å². The molecule has 3 fully saturated rings. The average Bonchev–Trinajstić information content (AvgIpc) is 3.53. The number of quaternary nitrogens is 1. The molecule has 2 aromatic rings. The molecule has 7 nitrogen and oxygen atoms in total. The molecule has 0 radical (unpaired) electrons. The van der Waals surface area contributed by atoms with E-state index in [1.807, 2.05) is 18.2 Å². The number of hydrogen-bond acceptors (Lipinski definition) is 6. The van der Waals surface area contributed by atoms with Gasteiger partial charge in [0.1, 0.15) is 5.69 Å². The van der Waals surface area contributed by atoms with Gasteiger partial charge in [0.05, 0.1) is 54.8 Å². The molecule has 2 aromatic heterocycles. The molecule has 178 valence electrons. The minimum Gasteiger partial charge on any atom is -0.355 e. The normalized spacial score (nSPS) is 27.6. The molecule has 0 bridgehead atoms. The first-order valence-corrected chi connectivity index (χ1v) is 13.1. The largest absolute Gasteiger partial charge is 0.355 e. The molecule has 3 aliphatic rings. The minimum atomic E-state index is -0.362. The lowest BCUT2D eigenvalue weighted by Crippen LogP contribution is -2.39. The number of aromatic nitrogens is 1. The zero-order valence-corrected chi connectivity index (χ0v) is 21.1. The van der Waals surface area contributed by atoms with Crippen molar-refractivity contribution in [2.24, 2.45) is 11.8 Å². The van der Waals surface area contributed by atoms with Crippen molar-refractivity contribution >= 4 is 34.8 Å². The molecule has 0 N–H and O–H groups in total. The molecule has 4 atom stereocenters. The topological polar surface area (TPSA) is 66.7 Å². The molecular formula is C24H32ClN4O3S+. The molecule has 3 aliphatic heterocycles. The van der Waals surface area contributed by atoms with Crippen LogP contribution in [0, 0.1) is 11.8 Å². The van der Waals surface area contributed by atoms with Crippen molar-refractivity contribution in [3.63, 3.8) is 0 Å². The first-order chi connectivity index (χ1) is 15.7. The number of imide groups is 1. The van der Waals surface area contributed by atoms with Crippen molar-refractivity contribution in [3.05, 3.63) is 28.2 Å². The van der Waals surface area contributed by atoms with Gasteiger partial charge in [0, 0.05) is 18.7 Å². The minimum absolute atomic E-state index is 0.0183. The highest BCUT2D eigenvalue weighted by atomic mass is 35.5. The maximum Gasteiger partial charge on any atom is 0.235 e. The number of amides is 2. The molecule has 9 heteroatoms. The van der Waals surface area contributed by atoms with Gasteiger partial charge in [0.2, 0.25) is 11.8 Å². The van der Waals surface area contributed by atoms with Gasteiger partial charge in [-0.3, -0.25) is 19.4 Å². The van der Waals surface area contributed by atoms with E-state index >= 15 is 0 Å². The molecular weight excluding hydrogens is 460 g/mol. The summed E-state index contributed by atoms with van der Waals surface area (Å²) in [6.07, 6.45) is 4.99. The van der Waals surface area contributed by atoms with Crippen molar-refractivity contribution in [3.8, 4) is 10.6 Å². The standard InChI is InChI=1S/C24H32ClN4O3S/c1-29(2,3)13-6-4-5-11-28-23(30)20-16-8-7-12-27(16)22(21(20)24(28)31)15-14-17(32-26-15)18-9-10-19(25)33-18/h9-10,14,16,20-22H,4-8,11-13H2,1-3H3/q+1/t16-,20-,21-,22-/m0/s1. The third-order valence-electron chi connectivity index (χ3n) is 7.30. The number of carbonyl (C=O) groups is 2. The Labute approximate surface area is 203 Å². The Bertz CT molecular complexity index is 1040. The van der Waals surface area contributed by atoms with Gasteiger partial charge in [-0.05, 0) is 50.8 Å². The summed E-state index contributed by atoms with van der Waals surface area (Å²) in [4.78, 5) is 31.7. The second-order valence-corrected chi connectivity index (χ2v) is 12.3. The highest BCUT2D eigenvalue weighted by Crippen LogP contribution is 2.53. The lowest BCUT2D eigenvalue weighted by Gasteiger charge is -2.27. The Hall–Kier alpha value is -1.74. The maximum absolute atomic E-state index is 13.5. The van der Waals surface area contributed by atoms with Gasteiger partial charge < -0.3 is 9.01 Å². The number of likely N-dealkylation sites (tertiary alicyclic amines) is 1. The zero-order chi connectivity index (χ0) is 23.3. The lowest BCUT2D eigenvalue weighted by molar-refractivity contribution is -0.870. The third kappa shape index (κ3) is 4.27. The second-order valence-electron chi connectivity index (χ2n) is 10.6. The summed E-state index contributed by atoms with van der Waals surface area (Å²) in [6, 6.07) is 5.60. The van der Waals surface area contributed by atoms with Crippen molar-refractivity contribution in [1.82, 2.24) is 15.0 Å². The van der Waals surface area contributed by atoms with Gasteiger partial charge in [0.25, 0.3) is 0 Å². The maximum atomic E-state index is 13.5. The van der Waals surface area contributed by atoms with E-state index < -0.39 is 0 Å². The first-order valence-electron chi connectivity index (χ1n) is 11.9. The number of hydrogen-bond donors (Lipinski definition) is 0. The quantitative estimate of drug-likeness (QED) is 0.316. The summed E-state index contributed by atoms with van der Waals surface area (Å²) in [6.45, 7) is 2.51. The fourth-order valence-electron chi connectivity index (χ4n) is 5.86. The first kappa shape index (κ1) is 23.0. The van der Waals surface area contributed by atoms with Crippen LogP contribution in [0.2, 0.25) is 4.34 Å². The fourth-order valence-corrected chi connectivity index (χ4v) is 6.85. The smallest absolute Gasteiger partial charge is 0.235 e. The van der Waals surface area contributed by atoms with Gasteiger partial charge in [0.15, 0.2) is 5.76 Å². The van der Waals surface area contributed by atoms with Gasteiger partial charge >= 0.3 is 0 Å². The molecule has 0 aromatic carbocycles. The summed E-state index contributed by atoms with van der Waals surface area (Å²) in [7, 11) is 6.56. The predicted molar refractivity (Wildman–Crippen MR) is 128 cm³/mol. The Morgan fingerprint density at radius 1 is 1.15 bits per heavy atom. The Morgan fingerprint density at radius 3 is 2.67 bits per heavy atom. The van der Waals surface area contributed by atoms with Gasteiger partial charge in [-0.2, -0.15) is 0 Å². The van der Waals surface area contributed by atoms with E-state index in [-0.39, 0.29) is 35.7 Å². The highest BCUT2D eigenvalue weighted by molar-refractivity contribution is 7.19. The summed E-state index contributed by atoms with van der Waals surface area (Å²) >= 11 is 7.52. The zero-order valence-electron chi connectivity index (χ0n) is 19.5. The molecule has 3 saturated heterocycles. The molecule has 33 heavy (non-hydrogen) atoms. The SMILES string of the molecule is C[N+](C)(C)CCCCCN1C(=O)[C@@H]2[C@H](C1=O)[C@H](c1cc(-c3ccc(Cl)s3)on1)N1CCC[C@@H]21. The van der Waals surface area contributed by atoms with Crippen LogP contribution in [0.5, 0.6) is 0 Å². The van der Waals surface area contributed by atoms with E-state index in [1.165, 1.54) is 11.3 Å². The van der Waals surface area contributed by atoms with Gasteiger partial charge in [-0.25, -0.2) is 0 Å². The van der Waals surface area contributed by atoms with E-state index in [0.29, 0.717) is 16.6 Å². The van der Waals surface area contributed by atoms with Crippen molar-refractivity contribution in [2.45, 2.75) is 44.2 Å². The van der Waals surface area contributed by atoms with Crippen LogP contribution in [0.3, 0.4) is 0 Å². The van der Waals surface area contributed by atoms with Crippen LogP contribution in [0.15, 0.2) is 22.7 Å². The van der Waals surface area contributed by atoms with Crippen molar-refractivity contribution in [1.29, 1.82) is 0 Å². The number of halogens is 1. The lowest BCUT2D eigenvalue weighted by atomic mass is 9.86. The van der Waals surface area contributed by atoms with E-state index in [2.05, 4.69) is 31.2 Å². The average molecular weight is 492 g/mol. The van der Waals surface area contributed by atoms with E-state index in [4.69, 9.17) is 16.1 Å². The van der Waals surface area contributed by atoms with E-state index in [9.17, 15) is 9.59 Å². The number of nitrogens with zero attached hydrogens (tertiary/aromatic N) is 4. The summed E-state index contributed by atoms with van der Waals surface area (Å²) in [5, 5.41) is 4.36. The number of fused-ring (bicyclic) bond motifs is 3. The summed E-state index contributed by atoms with van der Waals surface area (Å²) < 4.78 is 7.27. The molecule has 0 aliphatic carbocycles. The van der Waals surface area contributed by atoms with E-state index in [1.54, 1.807) is 4.90 Å². The molecule has 0 unspecified atom stereocenters.